The Morgan fingerprint density at radius 3 is 2.37 bits per heavy atom. The van der Waals surface area contributed by atoms with Gasteiger partial charge in [-0.2, -0.15) is 0 Å². The molecule has 0 bridgehead atoms. The quantitative estimate of drug-likeness (QED) is 0.912. The molecule has 0 fully saturated rings. The smallest absolute Gasteiger partial charge is 0.161 e. The van der Waals surface area contributed by atoms with Crippen LogP contribution >= 0.6 is 0 Å². The van der Waals surface area contributed by atoms with E-state index in [1.807, 2.05) is 33.0 Å². The van der Waals surface area contributed by atoms with E-state index in [1.54, 1.807) is 6.20 Å². The van der Waals surface area contributed by atoms with Crippen LogP contribution in [-0.2, 0) is 6.42 Å². The minimum Gasteiger partial charge on any atom is -0.330 e. The van der Waals surface area contributed by atoms with Gasteiger partial charge in [-0.05, 0) is 57.4 Å². The van der Waals surface area contributed by atoms with Gasteiger partial charge < -0.3 is 5.73 Å². The van der Waals surface area contributed by atoms with E-state index in [0.717, 1.165) is 41.2 Å². The second-order valence-corrected chi connectivity index (χ2v) is 4.78. The topological polar surface area (TPSA) is 64.7 Å². The maximum absolute atomic E-state index is 5.57. The van der Waals surface area contributed by atoms with Crippen molar-refractivity contribution in [3.05, 3.63) is 41.0 Å². The summed E-state index contributed by atoms with van der Waals surface area (Å²) in [6, 6.07) is 1.98. The maximum Gasteiger partial charge on any atom is 0.161 e. The number of hydrogen-bond donors (Lipinski definition) is 1. The van der Waals surface area contributed by atoms with E-state index >= 15 is 0 Å². The Labute approximate surface area is 114 Å². The maximum atomic E-state index is 5.57. The molecule has 0 aromatic carbocycles. The predicted octanol–water partition coefficient (Wildman–Crippen LogP) is 2.36. The summed E-state index contributed by atoms with van der Waals surface area (Å²) >= 11 is 0. The van der Waals surface area contributed by atoms with Crippen molar-refractivity contribution in [1.29, 1.82) is 0 Å². The average molecular weight is 256 g/mol. The molecule has 0 unspecified atom stereocenters. The number of nitrogens with two attached hydrogens (primary N) is 1. The Morgan fingerprint density at radius 2 is 1.79 bits per heavy atom. The van der Waals surface area contributed by atoms with Crippen LogP contribution in [0.4, 0.5) is 0 Å². The highest BCUT2D eigenvalue weighted by molar-refractivity contribution is 5.58. The highest BCUT2D eigenvalue weighted by atomic mass is 14.9. The Kier molecular flexibility index (Phi) is 4.22. The second kappa shape index (κ2) is 5.89. The molecule has 0 aliphatic carbocycles. The number of aromatic nitrogens is 3. The van der Waals surface area contributed by atoms with E-state index in [2.05, 4.69) is 15.0 Å². The van der Waals surface area contributed by atoms with Gasteiger partial charge in [-0.1, -0.05) is 0 Å². The number of rotatable bonds is 4. The van der Waals surface area contributed by atoms with Crippen LogP contribution in [0.2, 0.25) is 0 Å². The van der Waals surface area contributed by atoms with Gasteiger partial charge in [0.15, 0.2) is 5.82 Å². The minimum atomic E-state index is 0.697. The number of hydrogen-bond acceptors (Lipinski definition) is 4. The molecule has 0 aliphatic heterocycles. The third kappa shape index (κ3) is 2.96. The highest BCUT2D eigenvalue weighted by Crippen LogP contribution is 2.21. The van der Waals surface area contributed by atoms with E-state index in [1.165, 1.54) is 5.56 Å². The van der Waals surface area contributed by atoms with Crippen LogP contribution < -0.4 is 5.73 Å². The van der Waals surface area contributed by atoms with Gasteiger partial charge in [0.25, 0.3) is 0 Å². The number of aryl methyl sites for hydroxylation is 3. The molecule has 0 aliphatic rings. The van der Waals surface area contributed by atoms with Gasteiger partial charge in [-0.3, -0.25) is 4.98 Å². The summed E-state index contributed by atoms with van der Waals surface area (Å²) in [5.74, 6) is 0.761. The molecular weight excluding hydrogens is 236 g/mol. The highest BCUT2D eigenvalue weighted by Gasteiger charge is 2.11. The minimum absolute atomic E-state index is 0.697. The monoisotopic (exact) mass is 256 g/mol. The molecule has 2 N–H and O–H groups in total. The zero-order chi connectivity index (χ0) is 13.8. The van der Waals surface area contributed by atoms with Gasteiger partial charge in [-0.15, -0.1) is 0 Å². The molecule has 0 saturated heterocycles. The van der Waals surface area contributed by atoms with Crippen LogP contribution in [0, 0.1) is 20.8 Å². The molecule has 0 radical (unpaired) electrons. The number of nitrogens with zero attached hydrogens (tertiary/aromatic N) is 3. The Balaban J connectivity index is 2.43. The van der Waals surface area contributed by atoms with Crippen molar-refractivity contribution >= 4 is 0 Å². The third-order valence-corrected chi connectivity index (χ3v) is 3.33. The standard InChI is InChI=1S/C15H20N4/c1-10-6-8-17-9-14(10)15-18-11(2)13(5-4-7-16)12(3)19-15/h6,8-9H,4-5,7,16H2,1-3H3. The average Bonchev–Trinajstić information content (AvgIpc) is 2.38. The largest absolute Gasteiger partial charge is 0.330 e. The first kappa shape index (κ1) is 13.6. The van der Waals surface area contributed by atoms with Crippen molar-refractivity contribution in [2.75, 3.05) is 6.54 Å². The fraction of sp³-hybridized carbons (Fsp3) is 0.400. The lowest BCUT2D eigenvalue weighted by molar-refractivity contribution is 0.806. The molecule has 19 heavy (non-hydrogen) atoms. The summed E-state index contributed by atoms with van der Waals surface area (Å²) in [6.45, 7) is 6.82. The van der Waals surface area contributed by atoms with Crippen molar-refractivity contribution < 1.29 is 0 Å². The summed E-state index contributed by atoms with van der Waals surface area (Å²) < 4.78 is 0. The second-order valence-electron chi connectivity index (χ2n) is 4.78. The molecule has 0 atom stereocenters. The van der Waals surface area contributed by atoms with Crippen molar-refractivity contribution in [3.8, 4) is 11.4 Å². The van der Waals surface area contributed by atoms with Gasteiger partial charge >= 0.3 is 0 Å². The summed E-state index contributed by atoms with van der Waals surface area (Å²) in [4.78, 5) is 13.4. The molecule has 2 aromatic rings. The molecule has 2 rings (SSSR count). The Hall–Kier alpha value is -1.81. The van der Waals surface area contributed by atoms with Gasteiger partial charge in [0.05, 0.1) is 0 Å². The van der Waals surface area contributed by atoms with E-state index in [-0.39, 0.29) is 0 Å². The molecular formula is C15H20N4. The van der Waals surface area contributed by atoms with Gasteiger partial charge in [-0.25, -0.2) is 9.97 Å². The Morgan fingerprint density at radius 1 is 1.11 bits per heavy atom. The van der Waals surface area contributed by atoms with Crippen molar-refractivity contribution in [1.82, 2.24) is 15.0 Å². The molecule has 0 saturated carbocycles. The van der Waals surface area contributed by atoms with Gasteiger partial charge in [0.1, 0.15) is 0 Å². The van der Waals surface area contributed by atoms with Crippen molar-refractivity contribution in [2.24, 2.45) is 5.73 Å². The molecule has 100 valence electrons. The molecule has 0 amide bonds. The van der Waals surface area contributed by atoms with Gasteiger partial charge in [0, 0.05) is 29.3 Å². The van der Waals surface area contributed by atoms with Crippen molar-refractivity contribution in [3.63, 3.8) is 0 Å². The first-order valence-corrected chi connectivity index (χ1v) is 6.58. The summed E-state index contributed by atoms with van der Waals surface area (Å²) in [7, 11) is 0. The van der Waals surface area contributed by atoms with E-state index in [0.29, 0.717) is 6.54 Å². The normalized spacial score (nSPS) is 10.7. The summed E-state index contributed by atoms with van der Waals surface area (Å²) in [5.41, 5.74) is 11.0. The predicted molar refractivity (Wildman–Crippen MR) is 76.8 cm³/mol. The third-order valence-electron chi connectivity index (χ3n) is 3.33. The molecule has 0 spiro atoms. The van der Waals surface area contributed by atoms with Crippen LogP contribution in [0.25, 0.3) is 11.4 Å². The van der Waals surface area contributed by atoms with Crippen LogP contribution in [0.15, 0.2) is 18.5 Å². The lowest BCUT2D eigenvalue weighted by Gasteiger charge is -2.11. The summed E-state index contributed by atoms with van der Waals surface area (Å²) in [5, 5.41) is 0. The Bertz CT molecular complexity index is 555. The van der Waals surface area contributed by atoms with Crippen LogP contribution in [-0.4, -0.2) is 21.5 Å². The van der Waals surface area contributed by atoms with E-state index in [4.69, 9.17) is 5.73 Å². The lowest BCUT2D eigenvalue weighted by Crippen LogP contribution is -2.07. The van der Waals surface area contributed by atoms with E-state index < -0.39 is 0 Å². The van der Waals surface area contributed by atoms with Crippen LogP contribution in [0.5, 0.6) is 0 Å². The van der Waals surface area contributed by atoms with Gasteiger partial charge in [0.2, 0.25) is 0 Å². The van der Waals surface area contributed by atoms with Crippen molar-refractivity contribution in [2.45, 2.75) is 33.6 Å². The first-order valence-electron chi connectivity index (χ1n) is 6.58. The number of pyridine rings is 1. The molecule has 4 heteroatoms. The SMILES string of the molecule is Cc1ccncc1-c1nc(C)c(CCCN)c(C)n1. The molecule has 4 nitrogen and oxygen atoms in total. The zero-order valence-corrected chi connectivity index (χ0v) is 11.8. The lowest BCUT2D eigenvalue weighted by atomic mass is 10.1. The fourth-order valence-electron chi connectivity index (χ4n) is 2.20. The molecule has 2 aromatic heterocycles. The molecule has 2 heterocycles. The summed E-state index contributed by atoms with van der Waals surface area (Å²) in [6.07, 6.45) is 5.52. The fourth-order valence-corrected chi connectivity index (χ4v) is 2.20. The zero-order valence-electron chi connectivity index (χ0n) is 11.8. The van der Waals surface area contributed by atoms with Crippen LogP contribution in [0.1, 0.15) is 28.9 Å². The van der Waals surface area contributed by atoms with Crippen LogP contribution in [0.3, 0.4) is 0 Å². The first-order chi connectivity index (χ1) is 9.13. The van der Waals surface area contributed by atoms with E-state index in [9.17, 15) is 0 Å².